The number of anilines is 3. The van der Waals surface area contributed by atoms with Gasteiger partial charge in [-0.1, -0.05) is 0 Å². The van der Waals surface area contributed by atoms with E-state index in [1.165, 1.54) is 0 Å². The van der Waals surface area contributed by atoms with Gasteiger partial charge in [-0.15, -0.1) is 0 Å². The number of hydrogen-bond acceptors (Lipinski definition) is 6. The van der Waals surface area contributed by atoms with Gasteiger partial charge in [0, 0.05) is 31.2 Å². The van der Waals surface area contributed by atoms with Gasteiger partial charge in [0.25, 0.3) is 0 Å². The van der Waals surface area contributed by atoms with Crippen molar-refractivity contribution in [2.24, 2.45) is 5.92 Å². The first-order valence-electron chi connectivity index (χ1n) is 6.41. The third-order valence-electron chi connectivity index (χ3n) is 3.15. The fourth-order valence-corrected chi connectivity index (χ4v) is 2.11. The third-order valence-corrected chi connectivity index (χ3v) is 3.15. The van der Waals surface area contributed by atoms with Crippen molar-refractivity contribution in [1.29, 1.82) is 0 Å². The van der Waals surface area contributed by atoms with Crippen molar-refractivity contribution in [3.8, 4) is 0 Å². The topological polar surface area (TPSA) is 85.1 Å². The molecule has 2 unspecified atom stereocenters. The van der Waals surface area contributed by atoms with Crippen LogP contribution >= 0.6 is 0 Å². The lowest BCUT2D eigenvalue weighted by Crippen LogP contribution is -2.26. The van der Waals surface area contributed by atoms with Crippen LogP contribution in [0.5, 0.6) is 0 Å². The average molecular weight is 251 g/mol. The summed E-state index contributed by atoms with van der Waals surface area (Å²) in [6.07, 6.45) is 1.09. The Morgan fingerprint density at radius 2 is 2.28 bits per heavy atom. The largest absolute Gasteiger partial charge is 0.381 e. The van der Waals surface area contributed by atoms with Crippen molar-refractivity contribution in [1.82, 2.24) is 9.97 Å². The Hall–Kier alpha value is -1.56. The Balaban J connectivity index is 2.03. The van der Waals surface area contributed by atoms with Gasteiger partial charge in [0.05, 0.1) is 6.61 Å². The highest BCUT2D eigenvalue weighted by atomic mass is 16.5. The summed E-state index contributed by atoms with van der Waals surface area (Å²) in [6.45, 7) is 6.64. The number of nitrogens with zero attached hydrogens (tertiary/aromatic N) is 2. The first-order chi connectivity index (χ1) is 8.69. The monoisotopic (exact) mass is 251 g/mol. The SMILES string of the molecule is CCNc1cc(NC(C)C2CCOC2)nc(N)n1. The molecule has 2 rings (SSSR count). The second kappa shape index (κ2) is 5.86. The number of nitrogens with two attached hydrogens (primary N) is 1. The molecule has 6 heteroatoms. The molecule has 6 nitrogen and oxygen atoms in total. The van der Waals surface area contributed by atoms with Crippen LogP contribution in [-0.2, 0) is 4.74 Å². The molecule has 2 atom stereocenters. The van der Waals surface area contributed by atoms with Gasteiger partial charge in [0.2, 0.25) is 5.95 Å². The molecule has 4 N–H and O–H groups in total. The quantitative estimate of drug-likeness (QED) is 0.732. The molecule has 0 aliphatic carbocycles. The fourth-order valence-electron chi connectivity index (χ4n) is 2.11. The van der Waals surface area contributed by atoms with E-state index in [9.17, 15) is 0 Å². The van der Waals surface area contributed by atoms with Crippen LogP contribution < -0.4 is 16.4 Å². The second-order valence-corrected chi connectivity index (χ2v) is 4.58. The maximum atomic E-state index is 5.69. The van der Waals surface area contributed by atoms with Gasteiger partial charge in [-0.3, -0.25) is 0 Å². The molecule has 1 aliphatic heterocycles. The smallest absolute Gasteiger partial charge is 0.223 e. The number of hydrogen-bond donors (Lipinski definition) is 3. The van der Waals surface area contributed by atoms with Gasteiger partial charge >= 0.3 is 0 Å². The first-order valence-corrected chi connectivity index (χ1v) is 6.41. The predicted octanol–water partition coefficient (Wildman–Crippen LogP) is 1.33. The first kappa shape index (κ1) is 12.9. The van der Waals surface area contributed by atoms with E-state index in [1.807, 2.05) is 13.0 Å². The van der Waals surface area contributed by atoms with Gasteiger partial charge in [0.1, 0.15) is 11.6 Å². The second-order valence-electron chi connectivity index (χ2n) is 4.58. The minimum Gasteiger partial charge on any atom is -0.381 e. The number of nitrogens with one attached hydrogen (secondary N) is 2. The van der Waals surface area contributed by atoms with Gasteiger partial charge in [0.15, 0.2) is 0 Å². The van der Waals surface area contributed by atoms with E-state index in [4.69, 9.17) is 10.5 Å². The van der Waals surface area contributed by atoms with Gasteiger partial charge in [-0.25, -0.2) is 0 Å². The fraction of sp³-hybridized carbons (Fsp3) is 0.667. The summed E-state index contributed by atoms with van der Waals surface area (Å²) >= 11 is 0. The van der Waals surface area contributed by atoms with Crippen LogP contribution in [0.2, 0.25) is 0 Å². The highest BCUT2D eigenvalue weighted by Crippen LogP contribution is 2.20. The molecule has 2 heterocycles. The van der Waals surface area contributed by atoms with Crippen LogP contribution in [-0.4, -0.2) is 35.8 Å². The van der Waals surface area contributed by atoms with Crippen LogP contribution in [0.3, 0.4) is 0 Å². The molecule has 0 spiro atoms. The maximum Gasteiger partial charge on any atom is 0.223 e. The Morgan fingerprint density at radius 1 is 1.50 bits per heavy atom. The molecule has 1 fully saturated rings. The standard InChI is InChI=1S/C12H21N5O/c1-3-14-10-6-11(17-12(13)16-10)15-8(2)9-4-5-18-7-9/h6,8-9H,3-5,7H2,1-2H3,(H4,13,14,15,16,17). The van der Waals surface area contributed by atoms with E-state index < -0.39 is 0 Å². The Morgan fingerprint density at radius 3 is 2.94 bits per heavy atom. The van der Waals surface area contributed by atoms with Crippen molar-refractivity contribution in [2.75, 3.05) is 36.1 Å². The van der Waals surface area contributed by atoms with Crippen LogP contribution in [0, 0.1) is 5.92 Å². The molecule has 0 amide bonds. The minimum absolute atomic E-state index is 0.283. The average Bonchev–Trinajstić information content (AvgIpc) is 2.81. The van der Waals surface area contributed by atoms with E-state index in [1.54, 1.807) is 0 Å². The molecular formula is C12H21N5O. The van der Waals surface area contributed by atoms with E-state index >= 15 is 0 Å². The summed E-state index contributed by atoms with van der Waals surface area (Å²) in [5.74, 6) is 2.33. The van der Waals surface area contributed by atoms with E-state index in [2.05, 4.69) is 27.5 Å². The molecule has 1 aromatic rings. The minimum atomic E-state index is 0.283. The van der Waals surface area contributed by atoms with Gasteiger partial charge in [-0.2, -0.15) is 9.97 Å². The highest BCUT2D eigenvalue weighted by Gasteiger charge is 2.22. The summed E-state index contributed by atoms with van der Waals surface area (Å²) in [4.78, 5) is 8.32. The molecule has 0 radical (unpaired) electrons. The lowest BCUT2D eigenvalue weighted by Gasteiger charge is -2.20. The molecule has 18 heavy (non-hydrogen) atoms. The van der Waals surface area contributed by atoms with Crippen molar-refractivity contribution >= 4 is 17.6 Å². The third kappa shape index (κ3) is 3.22. The molecule has 1 aromatic heterocycles. The van der Waals surface area contributed by atoms with E-state index in [0.29, 0.717) is 12.0 Å². The molecule has 0 bridgehead atoms. The number of nitrogen functional groups attached to an aromatic ring is 1. The number of ether oxygens (including phenoxy) is 1. The van der Waals surface area contributed by atoms with Crippen molar-refractivity contribution < 1.29 is 4.74 Å². The normalized spacial score (nSPS) is 20.7. The van der Waals surface area contributed by atoms with E-state index in [-0.39, 0.29) is 5.95 Å². The van der Waals surface area contributed by atoms with Gasteiger partial charge < -0.3 is 21.1 Å². The zero-order valence-corrected chi connectivity index (χ0v) is 10.9. The lowest BCUT2D eigenvalue weighted by atomic mass is 10.0. The Kier molecular flexibility index (Phi) is 4.19. The Labute approximate surface area is 107 Å². The lowest BCUT2D eigenvalue weighted by molar-refractivity contribution is 0.183. The summed E-state index contributed by atoms with van der Waals surface area (Å²) in [5, 5.41) is 6.51. The van der Waals surface area contributed by atoms with Crippen molar-refractivity contribution in [3.63, 3.8) is 0 Å². The van der Waals surface area contributed by atoms with Crippen molar-refractivity contribution in [2.45, 2.75) is 26.3 Å². The van der Waals surface area contributed by atoms with Crippen LogP contribution in [0.15, 0.2) is 6.07 Å². The molecule has 100 valence electrons. The maximum absolute atomic E-state index is 5.69. The van der Waals surface area contributed by atoms with Crippen LogP contribution in [0.25, 0.3) is 0 Å². The number of rotatable bonds is 5. The molecule has 1 saturated heterocycles. The molecule has 1 aliphatic rings. The van der Waals surface area contributed by atoms with Crippen LogP contribution in [0.1, 0.15) is 20.3 Å². The summed E-state index contributed by atoms with van der Waals surface area (Å²) in [6, 6.07) is 2.20. The molecular weight excluding hydrogens is 230 g/mol. The zero-order chi connectivity index (χ0) is 13.0. The molecule has 0 aromatic carbocycles. The van der Waals surface area contributed by atoms with E-state index in [0.717, 1.165) is 37.8 Å². The molecule has 0 saturated carbocycles. The van der Waals surface area contributed by atoms with Crippen LogP contribution in [0.4, 0.5) is 17.6 Å². The number of aromatic nitrogens is 2. The summed E-state index contributed by atoms with van der Waals surface area (Å²) < 4.78 is 5.39. The predicted molar refractivity (Wildman–Crippen MR) is 72.6 cm³/mol. The summed E-state index contributed by atoms with van der Waals surface area (Å²) in [5.41, 5.74) is 5.69. The van der Waals surface area contributed by atoms with Crippen molar-refractivity contribution in [3.05, 3.63) is 6.07 Å². The Bertz CT molecular complexity index is 392. The highest BCUT2D eigenvalue weighted by molar-refractivity contribution is 5.51. The van der Waals surface area contributed by atoms with Gasteiger partial charge in [-0.05, 0) is 20.3 Å². The zero-order valence-electron chi connectivity index (χ0n) is 10.9. The summed E-state index contributed by atoms with van der Waals surface area (Å²) in [7, 11) is 0.